The van der Waals surface area contributed by atoms with E-state index in [-0.39, 0.29) is 0 Å². The van der Waals surface area contributed by atoms with Crippen molar-refractivity contribution in [3.05, 3.63) is 0 Å². The van der Waals surface area contributed by atoms with Crippen molar-refractivity contribution in [2.24, 2.45) is 11.3 Å². The van der Waals surface area contributed by atoms with Crippen molar-refractivity contribution in [3.8, 4) is 0 Å². The van der Waals surface area contributed by atoms with E-state index in [2.05, 4.69) is 44.8 Å². The second kappa shape index (κ2) is 6.75. The van der Waals surface area contributed by atoms with E-state index in [1.807, 2.05) is 0 Å². The highest BCUT2D eigenvalue weighted by Crippen LogP contribution is 2.34. The number of hydrogen-bond donors (Lipinski definition) is 1. The van der Waals surface area contributed by atoms with Crippen LogP contribution in [0.5, 0.6) is 0 Å². The Morgan fingerprint density at radius 1 is 1.18 bits per heavy atom. The monoisotopic (exact) mass is 240 g/mol. The Morgan fingerprint density at radius 2 is 1.88 bits per heavy atom. The van der Waals surface area contributed by atoms with Crippen molar-refractivity contribution >= 4 is 0 Å². The van der Waals surface area contributed by atoms with Crippen LogP contribution in [0.4, 0.5) is 0 Å². The Balaban J connectivity index is 2.28. The van der Waals surface area contributed by atoms with Crippen LogP contribution in [0.25, 0.3) is 0 Å². The first-order valence-electron chi connectivity index (χ1n) is 7.35. The summed E-state index contributed by atoms with van der Waals surface area (Å²) in [6, 6.07) is 0.615. The van der Waals surface area contributed by atoms with Crippen LogP contribution >= 0.6 is 0 Å². The van der Waals surface area contributed by atoms with Gasteiger partial charge in [-0.2, -0.15) is 0 Å². The second-order valence-corrected chi connectivity index (χ2v) is 6.94. The van der Waals surface area contributed by atoms with E-state index in [0.717, 1.165) is 12.5 Å². The van der Waals surface area contributed by atoms with Crippen LogP contribution in [-0.4, -0.2) is 37.1 Å². The zero-order valence-corrected chi connectivity index (χ0v) is 12.6. The molecular formula is C15H32N2. The number of hydrogen-bond acceptors (Lipinski definition) is 2. The summed E-state index contributed by atoms with van der Waals surface area (Å²) < 4.78 is 0. The number of nitrogens with zero attached hydrogens (tertiary/aromatic N) is 1. The van der Waals surface area contributed by atoms with Gasteiger partial charge in [0.15, 0.2) is 0 Å². The van der Waals surface area contributed by atoms with Crippen LogP contribution in [0.1, 0.15) is 53.9 Å². The predicted octanol–water partition coefficient (Wildman–Crippen LogP) is 3.13. The molecule has 1 saturated heterocycles. The lowest BCUT2D eigenvalue weighted by atomic mass is 9.77. The van der Waals surface area contributed by atoms with Crippen molar-refractivity contribution in [2.75, 3.05) is 26.2 Å². The largest absolute Gasteiger partial charge is 0.313 e. The molecule has 0 bridgehead atoms. The zero-order valence-electron chi connectivity index (χ0n) is 12.6. The first-order chi connectivity index (χ1) is 7.89. The normalized spacial score (nSPS) is 24.0. The molecule has 0 saturated carbocycles. The molecule has 1 aliphatic heterocycles. The van der Waals surface area contributed by atoms with Gasteiger partial charge in [-0.15, -0.1) is 0 Å². The molecule has 0 amide bonds. The van der Waals surface area contributed by atoms with Gasteiger partial charge in [0.1, 0.15) is 0 Å². The molecule has 2 nitrogen and oxygen atoms in total. The molecule has 17 heavy (non-hydrogen) atoms. The van der Waals surface area contributed by atoms with E-state index in [1.54, 1.807) is 0 Å². The van der Waals surface area contributed by atoms with Gasteiger partial charge in [0.05, 0.1) is 0 Å². The van der Waals surface area contributed by atoms with Crippen LogP contribution in [0.3, 0.4) is 0 Å². The van der Waals surface area contributed by atoms with Crippen LogP contribution in [0.2, 0.25) is 0 Å². The van der Waals surface area contributed by atoms with E-state index < -0.39 is 0 Å². The molecular weight excluding hydrogens is 208 g/mol. The third-order valence-electron chi connectivity index (χ3n) is 4.03. The number of rotatable bonds is 4. The molecule has 0 aliphatic carbocycles. The van der Waals surface area contributed by atoms with Gasteiger partial charge in [-0.1, -0.05) is 34.6 Å². The zero-order chi connectivity index (χ0) is 12.9. The molecule has 0 aromatic heterocycles. The van der Waals surface area contributed by atoms with E-state index in [0.29, 0.717) is 11.5 Å². The average Bonchev–Trinajstić information content (AvgIpc) is 2.41. The molecule has 1 N–H and O–H groups in total. The summed E-state index contributed by atoms with van der Waals surface area (Å²) in [6.07, 6.45) is 4.17. The average molecular weight is 240 g/mol. The molecule has 2 heteroatoms. The van der Waals surface area contributed by atoms with Gasteiger partial charge < -0.3 is 10.2 Å². The second-order valence-electron chi connectivity index (χ2n) is 6.94. The topological polar surface area (TPSA) is 15.3 Å². The molecule has 0 spiro atoms. The van der Waals surface area contributed by atoms with E-state index in [4.69, 9.17) is 0 Å². The maximum absolute atomic E-state index is 3.51. The molecule has 0 aromatic rings. The Bertz CT molecular complexity index is 205. The van der Waals surface area contributed by atoms with Crippen LogP contribution < -0.4 is 5.32 Å². The lowest BCUT2D eigenvalue weighted by molar-refractivity contribution is 0.208. The lowest BCUT2D eigenvalue weighted by Crippen LogP contribution is -2.35. The smallest absolute Gasteiger partial charge is 0.0107 e. The number of likely N-dealkylation sites (tertiary alicyclic amines) is 1. The Morgan fingerprint density at radius 3 is 2.47 bits per heavy atom. The van der Waals surface area contributed by atoms with Gasteiger partial charge in [-0.05, 0) is 43.7 Å². The van der Waals surface area contributed by atoms with Gasteiger partial charge in [0.25, 0.3) is 0 Å². The molecule has 0 radical (unpaired) electrons. The summed E-state index contributed by atoms with van der Waals surface area (Å²) >= 11 is 0. The first-order valence-corrected chi connectivity index (χ1v) is 7.35. The molecule has 1 fully saturated rings. The highest BCUT2D eigenvalue weighted by molar-refractivity contribution is 4.79. The summed E-state index contributed by atoms with van der Waals surface area (Å²) in [5, 5.41) is 3.51. The standard InChI is InChI=1S/C15H32N2/c1-13(2)16-9-12-17-10-6-7-14(8-11-17)15(3,4)5/h13-14,16H,6-12H2,1-5H3. The fourth-order valence-corrected chi connectivity index (χ4v) is 2.76. The van der Waals surface area contributed by atoms with E-state index in [9.17, 15) is 0 Å². The maximum atomic E-state index is 3.51. The van der Waals surface area contributed by atoms with Gasteiger partial charge in [-0.3, -0.25) is 0 Å². The van der Waals surface area contributed by atoms with Gasteiger partial charge >= 0.3 is 0 Å². The minimum absolute atomic E-state index is 0.492. The summed E-state index contributed by atoms with van der Waals surface area (Å²) in [5.74, 6) is 0.908. The van der Waals surface area contributed by atoms with E-state index in [1.165, 1.54) is 38.9 Å². The Hall–Kier alpha value is -0.0800. The molecule has 1 heterocycles. The van der Waals surface area contributed by atoms with Gasteiger partial charge in [-0.25, -0.2) is 0 Å². The maximum Gasteiger partial charge on any atom is 0.0107 e. The van der Waals surface area contributed by atoms with Crippen molar-refractivity contribution in [1.29, 1.82) is 0 Å². The van der Waals surface area contributed by atoms with Crippen LogP contribution in [0.15, 0.2) is 0 Å². The third-order valence-corrected chi connectivity index (χ3v) is 4.03. The van der Waals surface area contributed by atoms with Crippen molar-refractivity contribution in [2.45, 2.75) is 59.9 Å². The van der Waals surface area contributed by atoms with Gasteiger partial charge in [0, 0.05) is 19.1 Å². The molecule has 102 valence electrons. The van der Waals surface area contributed by atoms with Crippen LogP contribution in [-0.2, 0) is 0 Å². The quantitative estimate of drug-likeness (QED) is 0.812. The molecule has 0 aromatic carbocycles. The first kappa shape index (κ1) is 15.0. The lowest BCUT2D eigenvalue weighted by Gasteiger charge is -2.29. The SMILES string of the molecule is CC(C)NCCN1CCCC(C(C)(C)C)CC1. The highest BCUT2D eigenvalue weighted by atomic mass is 15.1. The molecule has 1 atom stereocenters. The molecule has 1 unspecified atom stereocenters. The van der Waals surface area contributed by atoms with E-state index >= 15 is 0 Å². The number of nitrogens with one attached hydrogen (secondary N) is 1. The summed E-state index contributed by atoms with van der Waals surface area (Å²) in [7, 11) is 0. The predicted molar refractivity (Wildman–Crippen MR) is 76.4 cm³/mol. The summed E-state index contributed by atoms with van der Waals surface area (Å²) in [4.78, 5) is 2.64. The fraction of sp³-hybridized carbons (Fsp3) is 1.00. The van der Waals surface area contributed by atoms with Gasteiger partial charge in [0.2, 0.25) is 0 Å². The fourth-order valence-electron chi connectivity index (χ4n) is 2.76. The van der Waals surface area contributed by atoms with Crippen LogP contribution in [0, 0.1) is 11.3 Å². The Labute approximate surface area is 108 Å². The van der Waals surface area contributed by atoms with Crippen molar-refractivity contribution < 1.29 is 0 Å². The summed E-state index contributed by atoms with van der Waals surface area (Å²) in [6.45, 7) is 16.6. The molecule has 1 rings (SSSR count). The summed E-state index contributed by atoms with van der Waals surface area (Å²) in [5.41, 5.74) is 0.492. The Kier molecular flexibility index (Phi) is 5.94. The minimum atomic E-state index is 0.492. The highest BCUT2D eigenvalue weighted by Gasteiger charge is 2.26. The minimum Gasteiger partial charge on any atom is -0.313 e. The third kappa shape index (κ3) is 5.87. The molecule has 1 aliphatic rings. The van der Waals surface area contributed by atoms with Crippen molar-refractivity contribution in [3.63, 3.8) is 0 Å². The van der Waals surface area contributed by atoms with Crippen molar-refractivity contribution in [1.82, 2.24) is 10.2 Å².